The van der Waals surface area contributed by atoms with Gasteiger partial charge in [0.15, 0.2) is 0 Å². The van der Waals surface area contributed by atoms with Gasteiger partial charge in [0.2, 0.25) is 5.91 Å². The molecule has 3 atom stereocenters. The van der Waals surface area contributed by atoms with E-state index in [4.69, 9.17) is 0 Å². The third kappa shape index (κ3) is 2.32. The lowest BCUT2D eigenvalue weighted by Crippen LogP contribution is -2.50. The Bertz CT molecular complexity index is 239. The number of carbonyl (C=O) groups excluding carboxylic acids is 1. The maximum atomic E-state index is 12.0. The van der Waals surface area contributed by atoms with Crippen LogP contribution in [0, 0.1) is 5.92 Å². The summed E-state index contributed by atoms with van der Waals surface area (Å²) in [4.78, 5) is 13.9. The molecule has 0 spiro atoms. The molecule has 2 aliphatic heterocycles. The molecule has 4 heteroatoms. The number of piperidine rings is 1. The van der Waals surface area contributed by atoms with Crippen LogP contribution in [0.1, 0.15) is 26.2 Å². The molecule has 2 aliphatic rings. The molecule has 0 unspecified atom stereocenters. The lowest BCUT2D eigenvalue weighted by Gasteiger charge is -2.35. The normalized spacial score (nSPS) is 36.9. The molecule has 86 valence electrons. The van der Waals surface area contributed by atoms with Gasteiger partial charge in [0.25, 0.3) is 0 Å². The number of aliphatic hydroxyl groups excluding tert-OH is 1. The lowest BCUT2D eigenvalue weighted by atomic mass is 9.96. The fourth-order valence-electron chi connectivity index (χ4n) is 2.45. The van der Waals surface area contributed by atoms with Crippen LogP contribution >= 0.6 is 0 Å². The minimum absolute atomic E-state index is 0.0347. The van der Waals surface area contributed by atoms with Gasteiger partial charge < -0.3 is 15.3 Å². The average molecular weight is 212 g/mol. The first kappa shape index (κ1) is 10.9. The van der Waals surface area contributed by atoms with Crippen LogP contribution < -0.4 is 5.32 Å². The molecule has 2 saturated heterocycles. The molecule has 0 aromatic rings. The Hall–Kier alpha value is -0.610. The molecule has 4 nitrogen and oxygen atoms in total. The van der Waals surface area contributed by atoms with E-state index in [1.807, 2.05) is 11.8 Å². The largest absolute Gasteiger partial charge is 0.393 e. The van der Waals surface area contributed by atoms with Crippen LogP contribution in [0.15, 0.2) is 0 Å². The highest BCUT2D eigenvalue weighted by Gasteiger charge is 2.32. The molecular weight excluding hydrogens is 192 g/mol. The zero-order valence-corrected chi connectivity index (χ0v) is 9.28. The molecule has 0 radical (unpaired) electrons. The Morgan fingerprint density at radius 2 is 2.27 bits per heavy atom. The minimum Gasteiger partial charge on any atom is -0.393 e. The molecule has 0 aromatic carbocycles. The van der Waals surface area contributed by atoms with E-state index < -0.39 is 0 Å². The van der Waals surface area contributed by atoms with E-state index in [2.05, 4.69) is 5.32 Å². The number of aliphatic hydroxyl groups is 1. The van der Waals surface area contributed by atoms with Crippen molar-refractivity contribution in [3.63, 3.8) is 0 Å². The van der Waals surface area contributed by atoms with Crippen molar-refractivity contribution in [1.82, 2.24) is 10.2 Å². The summed E-state index contributed by atoms with van der Waals surface area (Å²) in [6.07, 6.45) is 2.56. The zero-order chi connectivity index (χ0) is 10.8. The number of amides is 1. The fraction of sp³-hybridized carbons (Fsp3) is 0.909. The lowest BCUT2D eigenvalue weighted by molar-refractivity contribution is -0.136. The summed E-state index contributed by atoms with van der Waals surface area (Å²) in [6.45, 7) is 4.38. The first-order chi connectivity index (χ1) is 7.18. The van der Waals surface area contributed by atoms with E-state index in [-0.39, 0.29) is 24.0 Å². The van der Waals surface area contributed by atoms with Crippen molar-refractivity contribution in [1.29, 1.82) is 0 Å². The molecular formula is C11H20N2O2. The molecule has 1 amide bonds. The van der Waals surface area contributed by atoms with Gasteiger partial charge in [-0.1, -0.05) is 6.92 Å². The van der Waals surface area contributed by atoms with Gasteiger partial charge in [-0.05, 0) is 31.7 Å². The smallest absolute Gasteiger partial charge is 0.239 e. The van der Waals surface area contributed by atoms with Gasteiger partial charge in [0, 0.05) is 13.1 Å². The molecule has 0 aliphatic carbocycles. The van der Waals surface area contributed by atoms with Crippen molar-refractivity contribution >= 4 is 5.91 Å². The molecule has 2 fully saturated rings. The molecule has 0 saturated carbocycles. The predicted octanol–water partition coefficient (Wildman–Crippen LogP) is -0.0323. The van der Waals surface area contributed by atoms with Crippen LogP contribution in [0.5, 0.6) is 0 Å². The van der Waals surface area contributed by atoms with E-state index in [0.717, 1.165) is 25.8 Å². The van der Waals surface area contributed by atoms with Crippen LogP contribution in [0.25, 0.3) is 0 Å². The Labute approximate surface area is 90.6 Å². The number of rotatable bonds is 1. The number of likely N-dealkylation sites (tertiary alicyclic amines) is 1. The summed E-state index contributed by atoms with van der Waals surface area (Å²) in [6, 6.07) is 0.0347. The van der Waals surface area contributed by atoms with Crippen molar-refractivity contribution in [2.75, 3.05) is 19.6 Å². The highest BCUT2D eigenvalue weighted by molar-refractivity contribution is 5.82. The zero-order valence-electron chi connectivity index (χ0n) is 9.28. The van der Waals surface area contributed by atoms with Gasteiger partial charge in [0.1, 0.15) is 0 Å². The van der Waals surface area contributed by atoms with Gasteiger partial charge in [-0.25, -0.2) is 0 Å². The first-order valence-corrected chi connectivity index (χ1v) is 5.88. The summed E-state index contributed by atoms with van der Waals surface area (Å²) in [5.41, 5.74) is 0. The molecule has 0 aromatic heterocycles. The highest BCUT2D eigenvalue weighted by atomic mass is 16.3. The predicted molar refractivity (Wildman–Crippen MR) is 57.4 cm³/mol. The van der Waals surface area contributed by atoms with Gasteiger partial charge in [-0.2, -0.15) is 0 Å². The number of nitrogens with one attached hydrogen (secondary N) is 1. The SMILES string of the molecule is C[C@@H]1CN(C(=O)[C@H]2CCCN2)CC[C@@H]1O. The Kier molecular flexibility index (Phi) is 3.26. The Balaban J connectivity index is 1.90. The minimum atomic E-state index is -0.231. The van der Waals surface area contributed by atoms with Crippen molar-refractivity contribution in [3.05, 3.63) is 0 Å². The molecule has 2 heterocycles. The third-order valence-corrected chi connectivity index (χ3v) is 3.53. The van der Waals surface area contributed by atoms with E-state index >= 15 is 0 Å². The van der Waals surface area contributed by atoms with E-state index in [9.17, 15) is 9.90 Å². The second-order valence-corrected chi connectivity index (χ2v) is 4.77. The van der Waals surface area contributed by atoms with Gasteiger partial charge in [0.05, 0.1) is 12.1 Å². The standard InChI is InChI=1S/C11H20N2O2/c1-8-7-13(6-4-10(8)14)11(15)9-3-2-5-12-9/h8-10,12,14H,2-7H2,1H3/t8-,9-,10+/m1/s1. The fourth-order valence-corrected chi connectivity index (χ4v) is 2.45. The average Bonchev–Trinajstić information content (AvgIpc) is 2.74. The summed E-state index contributed by atoms with van der Waals surface area (Å²) >= 11 is 0. The van der Waals surface area contributed by atoms with Crippen LogP contribution in [0.4, 0.5) is 0 Å². The maximum absolute atomic E-state index is 12.0. The summed E-state index contributed by atoms with van der Waals surface area (Å²) in [7, 11) is 0. The van der Waals surface area contributed by atoms with E-state index in [1.54, 1.807) is 0 Å². The van der Waals surface area contributed by atoms with Crippen LogP contribution in [-0.4, -0.2) is 47.7 Å². The number of nitrogens with zero attached hydrogens (tertiary/aromatic N) is 1. The van der Waals surface area contributed by atoms with E-state index in [0.29, 0.717) is 13.1 Å². The monoisotopic (exact) mass is 212 g/mol. The number of carbonyl (C=O) groups is 1. The van der Waals surface area contributed by atoms with Crippen molar-refractivity contribution in [3.8, 4) is 0 Å². The summed E-state index contributed by atoms with van der Waals surface area (Å²) in [5, 5.41) is 12.8. The molecule has 0 bridgehead atoms. The summed E-state index contributed by atoms with van der Waals surface area (Å²) in [5.74, 6) is 0.440. The number of hydrogen-bond acceptors (Lipinski definition) is 3. The topological polar surface area (TPSA) is 52.6 Å². The van der Waals surface area contributed by atoms with Crippen LogP contribution in [0.3, 0.4) is 0 Å². The Morgan fingerprint density at radius 1 is 1.47 bits per heavy atom. The third-order valence-electron chi connectivity index (χ3n) is 3.53. The van der Waals surface area contributed by atoms with Gasteiger partial charge in [-0.3, -0.25) is 4.79 Å². The molecule has 2 N–H and O–H groups in total. The van der Waals surface area contributed by atoms with E-state index in [1.165, 1.54) is 0 Å². The second-order valence-electron chi connectivity index (χ2n) is 4.77. The first-order valence-electron chi connectivity index (χ1n) is 5.88. The van der Waals surface area contributed by atoms with Crippen LogP contribution in [-0.2, 0) is 4.79 Å². The second kappa shape index (κ2) is 4.49. The molecule has 15 heavy (non-hydrogen) atoms. The number of hydrogen-bond donors (Lipinski definition) is 2. The van der Waals surface area contributed by atoms with Crippen molar-refractivity contribution in [2.45, 2.75) is 38.3 Å². The van der Waals surface area contributed by atoms with Crippen molar-refractivity contribution in [2.24, 2.45) is 5.92 Å². The Morgan fingerprint density at radius 3 is 2.87 bits per heavy atom. The highest BCUT2D eigenvalue weighted by Crippen LogP contribution is 2.18. The quantitative estimate of drug-likeness (QED) is 0.641. The maximum Gasteiger partial charge on any atom is 0.239 e. The van der Waals surface area contributed by atoms with Gasteiger partial charge >= 0.3 is 0 Å². The van der Waals surface area contributed by atoms with Crippen LogP contribution in [0.2, 0.25) is 0 Å². The molecule has 2 rings (SSSR count). The summed E-state index contributed by atoms with van der Waals surface area (Å²) < 4.78 is 0. The van der Waals surface area contributed by atoms with Crippen molar-refractivity contribution < 1.29 is 9.90 Å². The van der Waals surface area contributed by atoms with Gasteiger partial charge in [-0.15, -0.1) is 0 Å².